The molecule has 1 amide bonds. The molecule has 2 N–H and O–H groups in total. The quantitative estimate of drug-likeness (QED) is 0.888. The Kier molecular flexibility index (Phi) is 4.96. The summed E-state index contributed by atoms with van der Waals surface area (Å²) >= 11 is 0. The molecular formula is C16H24FN3O. The Labute approximate surface area is 125 Å². The van der Waals surface area contributed by atoms with Crippen molar-refractivity contribution in [2.45, 2.75) is 32.4 Å². The highest BCUT2D eigenvalue weighted by molar-refractivity contribution is 5.78. The van der Waals surface area contributed by atoms with Gasteiger partial charge in [-0.25, -0.2) is 4.39 Å². The normalized spacial score (nSPS) is 20.0. The lowest BCUT2D eigenvalue weighted by Gasteiger charge is -2.42. The van der Waals surface area contributed by atoms with E-state index in [0.717, 1.165) is 25.2 Å². The van der Waals surface area contributed by atoms with E-state index in [0.29, 0.717) is 6.54 Å². The minimum absolute atomic E-state index is 0.00167. The van der Waals surface area contributed by atoms with Crippen molar-refractivity contribution in [3.63, 3.8) is 0 Å². The average Bonchev–Trinajstić information content (AvgIpc) is 2.41. The van der Waals surface area contributed by atoms with E-state index in [1.54, 1.807) is 12.1 Å². The van der Waals surface area contributed by atoms with Gasteiger partial charge in [-0.05, 0) is 38.5 Å². The number of carbonyl (C=O) groups excluding carboxylic acids is 1. The van der Waals surface area contributed by atoms with E-state index in [9.17, 15) is 9.18 Å². The predicted molar refractivity (Wildman–Crippen MR) is 81.5 cm³/mol. The van der Waals surface area contributed by atoms with Gasteiger partial charge in [-0.2, -0.15) is 0 Å². The third-order valence-electron chi connectivity index (χ3n) is 4.05. The van der Waals surface area contributed by atoms with Gasteiger partial charge in [-0.15, -0.1) is 0 Å². The van der Waals surface area contributed by atoms with Gasteiger partial charge in [0.05, 0.1) is 12.6 Å². The molecule has 0 aliphatic carbocycles. The molecule has 116 valence electrons. The monoisotopic (exact) mass is 293 g/mol. The van der Waals surface area contributed by atoms with Crippen molar-refractivity contribution >= 4 is 5.91 Å². The largest absolute Gasteiger partial charge is 0.348 e. The van der Waals surface area contributed by atoms with Crippen LogP contribution in [0.15, 0.2) is 24.3 Å². The molecule has 1 fully saturated rings. The molecular weight excluding hydrogens is 269 g/mol. The molecule has 0 bridgehead atoms. The van der Waals surface area contributed by atoms with Gasteiger partial charge in [0.25, 0.3) is 0 Å². The number of piperazine rings is 1. The maximum absolute atomic E-state index is 12.9. The molecule has 1 aliphatic heterocycles. The Balaban J connectivity index is 1.90. The average molecular weight is 293 g/mol. The second-order valence-electron chi connectivity index (χ2n) is 6.25. The SMILES string of the molecule is CC(NC(=O)CN1CCNCC1(C)C)c1ccc(F)cc1. The van der Waals surface area contributed by atoms with Crippen molar-refractivity contribution in [1.29, 1.82) is 0 Å². The maximum atomic E-state index is 12.9. The first-order valence-electron chi connectivity index (χ1n) is 7.39. The van der Waals surface area contributed by atoms with Crippen LogP contribution in [-0.2, 0) is 4.79 Å². The molecule has 4 nitrogen and oxygen atoms in total. The summed E-state index contributed by atoms with van der Waals surface area (Å²) in [5.41, 5.74) is 0.888. The van der Waals surface area contributed by atoms with E-state index in [4.69, 9.17) is 0 Å². The van der Waals surface area contributed by atoms with Gasteiger partial charge in [-0.3, -0.25) is 9.69 Å². The molecule has 1 unspecified atom stereocenters. The second-order valence-corrected chi connectivity index (χ2v) is 6.25. The number of amides is 1. The van der Waals surface area contributed by atoms with Crippen molar-refractivity contribution < 1.29 is 9.18 Å². The number of nitrogens with zero attached hydrogens (tertiary/aromatic N) is 1. The van der Waals surface area contributed by atoms with E-state index in [1.165, 1.54) is 12.1 Å². The van der Waals surface area contributed by atoms with E-state index in [-0.39, 0.29) is 23.3 Å². The summed E-state index contributed by atoms with van der Waals surface area (Å²) in [6, 6.07) is 6.11. The molecule has 1 saturated heterocycles. The minimum Gasteiger partial charge on any atom is -0.348 e. The van der Waals surface area contributed by atoms with Gasteiger partial charge in [0.1, 0.15) is 5.82 Å². The zero-order valence-electron chi connectivity index (χ0n) is 12.9. The number of benzene rings is 1. The number of halogens is 1. The minimum atomic E-state index is -0.264. The summed E-state index contributed by atoms with van der Waals surface area (Å²) < 4.78 is 12.9. The maximum Gasteiger partial charge on any atom is 0.234 e. The standard InChI is InChI=1S/C16H24FN3O/c1-12(13-4-6-14(17)7-5-13)19-15(21)10-20-9-8-18-11-16(20,2)3/h4-7,12,18H,8-11H2,1-3H3,(H,19,21). The number of hydrogen-bond donors (Lipinski definition) is 2. The second kappa shape index (κ2) is 6.54. The summed E-state index contributed by atoms with van der Waals surface area (Å²) in [5, 5.41) is 6.32. The predicted octanol–water partition coefficient (Wildman–Crippen LogP) is 1.69. The molecule has 0 spiro atoms. The third-order valence-corrected chi connectivity index (χ3v) is 4.05. The van der Waals surface area contributed by atoms with Gasteiger partial charge in [0.2, 0.25) is 5.91 Å². The first-order valence-corrected chi connectivity index (χ1v) is 7.39. The van der Waals surface area contributed by atoms with Crippen molar-refractivity contribution in [1.82, 2.24) is 15.5 Å². The van der Waals surface area contributed by atoms with Gasteiger partial charge < -0.3 is 10.6 Å². The summed E-state index contributed by atoms with van der Waals surface area (Å²) in [6.45, 7) is 9.23. The summed E-state index contributed by atoms with van der Waals surface area (Å²) in [7, 11) is 0. The molecule has 2 rings (SSSR count). The fourth-order valence-electron chi connectivity index (χ4n) is 2.61. The first-order chi connectivity index (χ1) is 9.88. The summed E-state index contributed by atoms with van der Waals surface area (Å²) in [4.78, 5) is 14.4. The zero-order valence-corrected chi connectivity index (χ0v) is 12.9. The van der Waals surface area contributed by atoms with Gasteiger partial charge in [-0.1, -0.05) is 12.1 Å². The fraction of sp³-hybridized carbons (Fsp3) is 0.562. The number of carbonyl (C=O) groups is 1. The van der Waals surface area contributed by atoms with Crippen LogP contribution in [0.3, 0.4) is 0 Å². The lowest BCUT2D eigenvalue weighted by Crippen LogP contribution is -2.59. The van der Waals surface area contributed by atoms with E-state index >= 15 is 0 Å². The first kappa shape index (κ1) is 15.9. The Morgan fingerprint density at radius 2 is 2.10 bits per heavy atom. The van der Waals surface area contributed by atoms with Crippen molar-refractivity contribution in [3.05, 3.63) is 35.6 Å². The molecule has 1 heterocycles. The Bertz CT molecular complexity index is 487. The van der Waals surface area contributed by atoms with Crippen LogP contribution in [0.2, 0.25) is 0 Å². The van der Waals surface area contributed by atoms with Crippen molar-refractivity contribution in [2.75, 3.05) is 26.2 Å². The zero-order chi connectivity index (χ0) is 15.5. The molecule has 1 aromatic carbocycles. The Morgan fingerprint density at radius 1 is 1.43 bits per heavy atom. The van der Waals surface area contributed by atoms with Gasteiger partial charge in [0.15, 0.2) is 0 Å². The highest BCUT2D eigenvalue weighted by Gasteiger charge is 2.30. The molecule has 0 radical (unpaired) electrons. The van der Waals surface area contributed by atoms with Gasteiger partial charge in [0, 0.05) is 25.2 Å². The third kappa shape index (κ3) is 4.25. The van der Waals surface area contributed by atoms with Gasteiger partial charge >= 0.3 is 0 Å². The fourth-order valence-corrected chi connectivity index (χ4v) is 2.61. The van der Waals surface area contributed by atoms with Crippen LogP contribution in [0.5, 0.6) is 0 Å². The lowest BCUT2D eigenvalue weighted by atomic mass is 10.0. The molecule has 5 heteroatoms. The lowest BCUT2D eigenvalue weighted by molar-refractivity contribution is -0.124. The molecule has 1 atom stereocenters. The molecule has 0 aromatic heterocycles. The number of rotatable bonds is 4. The molecule has 1 aromatic rings. The highest BCUT2D eigenvalue weighted by Crippen LogP contribution is 2.16. The topological polar surface area (TPSA) is 44.4 Å². The van der Waals surface area contributed by atoms with Crippen LogP contribution >= 0.6 is 0 Å². The van der Waals surface area contributed by atoms with Crippen LogP contribution in [-0.4, -0.2) is 42.5 Å². The highest BCUT2D eigenvalue weighted by atomic mass is 19.1. The molecule has 1 aliphatic rings. The summed E-state index contributed by atoms with van der Waals surface area (Å²) in [5.74, 6) is -0.262. The molecule has 21 heavy (non-hydrogen) atoms. The smallest absolute Gasteiger partial charge is 0.234 e. The van der Waals surface area contributed by atoms with E-state index < -0.39 is 0 Å². The van der Waals surface area contributed by atoms with Crippen molar-refractivity contribution in [2.24, 2.45) is 0 Å². The Hall–Kier alpha value is -1.46. The molecule has 0 saturated carbocycles. The van der Waals surface area contributed by atoms with Crippen LogP contribution < -0.4 is 10.6 Å². The number of hydrogen-bond acceptors (Lipinski definition) is 3. The summed E-state index contributed by atoms with van der Waals surface area (Å²) in [6.07, 6.45) is 0. The van der Waals surface area contributed by atoms with Crippen LogP contribution in [0.4, 0.5) is 4.39 Å². The van der Waals surface area contributed by atoms with Crippen molar-refractivity contribution in [3.8, 4) is 0 Å². The number of nitrogens with one attached hydrogen (secondary N) is 2. The van der Waals surface area contributed by atoms with Crippen LogP contribution in [0.25, 0.3) is 0 Å². The van der Waals surface area contributed by atoms with Crippen LogP contribution in [0.1, 0.15) is 32.4 Å². The Morgan fingerprint density at radius 3 is 2.71 bits per heavy atom. The van der Waals surface area contributed by atoms with Crippen LogP contribution in [0, 0.1) is 5.82 Å². The van der Waals surface area contributed by atoms with E-state index in [2.05, 4.69) is 29.4 Å². The van der Waals surface area contributed by atoms with E-state index in [1.807, 2.05) is 6.92 Å².